The maximum atomic E-state index is 13.3. The Kier molecular flexibility index (Phi) is 3.57. The van der Waals surface area contributed by atoms with Crippen molar-refractivity contribution in [2.24, 2.45) is 16.2 Å². The second kappa shape index (κ2) is 5.13. The number of nitrogens with zero attached hydrogens (tertiary/aromatic N) is 1. The van der Waals surface area contributed by atoms with E-state index in [1.54, 1.807) is 11.3 Å². The lowest BCUT2D eigenvalue weighted by molar-refractivity contribution is -0.130. The monoisotopic (exact) mass is 410 g/mol. The molecule has 3 aliphatic carbocycles. The van der Waals surface area contributed by atoms with Crippen LogP contribution in [0.25, 0.3) is 0 Å². The molecule has 1 amide bonds. The highest BCUT2D eigenvalue weighted by molar-refractivity contribution is 9.10. The Labute approximate surface area is 154 Å². The number of ketones is 1. The number of amides is 1. The van der Waals surface area contributed by atoms with Crippen LogP contribution < -0.4 is 5.32 Å². The molecule has 6 heteroatoms. The average molecular weight is 411 g/mol. The molecule has 2 saturated carbocycles. The molecule has 3 aliphatic rings. The van der Waals surface area contributed by atoms with Crippen molar-refractivity contribution in [2.45, 2.75) is 64.1 Å². The Bertz CT molecular complexity index is 720. The van der Waals surface area contributed by atoms with E-state index in [1.807, 2.05) is 6.92 Å². The highest BCUT2D eigenvalue weighted by Gasteiger charge is 2.76. The summed E-state index contributed by atoms with van der Waals surface area (Å²) in [4.78, 5) is 31.6. The lowest BCUT2D eigenvalue weighted by Gasteiger charge is -2.39. The fraction of sp³-hybridized carbons (Fsp3) is 0.722. The number of nitrogens with one attached hydrogen (secondary N) is 1. The van der Waals surface area contributed by atoms with Gasteiger partial charge in [-0.3, -0.25) is 9.59 Å². The lowest BCUT2D eigenvalue weighted by Crippen LogP contribution is -2.47. The normalized spacial score (nSPS) is 36.7. The van der Waals surface area contributed by atoms with Gasteiger partial charge in [-0.15, -0.1) is 11.3 Å². The van der Waals surface area contributed by atoms with E-state index < -0.39 is 15.7 Å². The lowest BCUT2D eigenvalue weighted by atomic mass is 9.64. The maximum Gasteiger partial charge on any atom is 0.234 e. The van der Waals surface area contributed by atoms with Crippen molar-refractivity contribution in [3.63, 3.8) is 0 Å². The number of hydrogen-bond acceptors (Lipinski definition) is 4. The van der Waals surface area contributed by atoms with Crippen LogP contribution in [0.3, 0.4) is 0 Å². The molecule has 0 radical (unpaired) electrons. The van der Waals surface area contributed by atoms with Crippen LogP contribution in [-0.2, 0) is 22.4 Å². The molecule has 2 fully saturated rings. The molecule has 0 aromatic carbocycles. The van der Waals surface area contributed by atoms with E-state index in [2.05, 4.69) is 40.1 Å². The number of aryl methyl sites for hydroxylation is 2. The van der Waals surface area contributed by atoms with Crippen LogP contribution in [0.4, 0.5) is 5.13 Å². The SMILES string of the molecule is CC12CCC(C(=O)Nc3nc4c(s3)CCCC4)(C(Br)C1=O)C2(C)C. The molecule has 4 rings (SSSR count). The first kappa shape index (κ1) is 16.7. The number of fused-ring (bicyclic) bond motifs is 3. The third kappa shape index (κ3) is 1.82. The molecule has 24 heavy (non-hydrogen) atoms. The molecule has 2 bridgehead atoms. The molecule has 1 aromatic heterocycles. The Morgan fingerprint density at radius 2 is 1.96 bits per heavy atom. The summed E-state index contributed by atoms with van der Waals surface area (Å²) >= 11 is 5.18. The third-order valence-electron chi connectivity index (χ3n) is 7.19. The Hall–Kier alpha value is -0.750. The molecule has 4 nitrogen and oxygen atoms in total. The number of rotatable bonds is 2. The highest BCUT2D eigenvalue weighted by Crippen LogP contribution is 2.72. The van der Waals surface area contributed by atoms with Gasteiger partial charge in [0.05, 0.1) is 15.9 Å². The first-order chi connectivity index (χ1) is 11.2. The standard InChI is InChI=1S/C18H23BrN2O2S/c1-16(2)17(3)8-9-18(16,12(19)13(17)22)14(23)21-15-20-10-6-4-5-7-11(10)24-15/h12H,4-9H2,1-3H3,(H,20,21,23). The predicted molar refractivity (Wildman–Crippen MR) is 98.7 cm³/mol. The molecular weight excluding hydrogens is 388 g/mol. The topological polar surface area (TPSA) is 59.1 Å². The van der Waals surface area contributed by atoms with Crippen molar-refractivity contribution >= 4 is 44.1 Å². The zero-order valence-corrected chi connectivity index (χ0v) is 16.8. The molecule has 1 heterocycles. The van der Waals surface area contributed by atoms with Crippen LogP contribution >= 0.6 is 27.3 Å². The number of carbonyl (C=O) groups is 2. The van der Waals surface area contributed by atoms with Crippen molar-refractivity contribution in [1.29, 1.82) is 0 Å². The summed E-state index contributed by atoms with van der Waals surface area (Å²) in [5.41, 5.74) is -0.342. The summed E-state index contributed by atoms with van der Waals surface area (Å²) in [6.45, 7) is 6.17. The number of Topliss-reactive ketones (excluding diaryl/α,β-unsaturated/α-hetero) is 1. The van der Waals surface area contributed by atoms with E-state index in [-0.39, 0.29) is 17.1 Å². The van der Waals surface area contributed by atoms with Crippen LogP contribution in [0.15, 0.2) is 0 Å². The van der Waals surface area contributed by atoms with Gasteiger partial charge >= 0.3 is 0 Å². The van der Waals surface area contributed by atoms with Crippen LogP contribution in [0.2, 0.25) is 0 Å². The van der Waals surface area contributed by atoms with Crippen LogP contribution in [-0.4, -0.2) is 21.5 Å². The first-order valence-corrected chi connectivity index (χ1v) is 10.5. The van der Waals surface area contributed by atoms with Crippen LogP contribution in [0.5, 0.6) is 0 Å². The van der Waals surface area contributed by atoms with E-state index >= 15 is 0 Å². The molecule has 3 unspecified atom stereocenters. The number of halogens is 1. The molecule has 0 aliphatic heterocycles. The van der Waals surface area contributed by atoms with Crippen molar-refractivity contribution in [1.82, 2.24) is 4.98 Å². The second-order valence-electron chi connectivity index (χ2n) is 8.21. The van der Waals surface area contributed by atoms with Gasteiger partial charge in [-0.2, -0.15) is 0 Å². The van der Waals surface area contributed by atoms with Gasteiger partial charge in [0.1, 0.15) is 0 Å². The van der Waals surface area contributed by atoms with Crippen molar-refractivity contribution in [3.8, 4) is 0 Å². The predicted octanol–water partition coefficient (Wildman–Crippen LogP) is 4.12. The van der Waals surface area contributed by atoms with E-state index in [1.165, 1.54) is 17.7 Å². The fourth-order valence-corrected chi connectivity index (χ4v) is 7.63. The molecular formula is C18H23BrN2O2S. The van der Waals surface area contributed by atoms with Gasteiger partial charge in [-0.05, 0) is 43.9 Å². The fourth-order valence-electron chi connectivity index (χ4n) is 5.07. The van der Waals surface area contributed by atoms with Gasteiger partial charge in [0.25, 0.3) is 0 Å². The molecule has 1 N–H and O–H groups in total. The minimum absolute atomic E-state index is 0.0463. The van der Waals surface area contributed by atoms with Gasteiger partial charge in [-0.25, -0.2) is 4.98 Å². The molecule has 3 atom stereocenters. The minimum atomic E-state index is -0.689. The smallest absolute Gasteiger partial charge is 0.234 e. The molecule has 1 aromatic rings. The average Bonchev–Trinajstić information content (AvgIpc) is 3.06. The molecule has 0 saturated heterocycles. The number of aromatic nitrogens is 1. The van der Waals surface area contributed by atoms with Crippen LogP contribution in [0.1, 0.15) is 57.0 Å². The van der Waals surface area contributed by atoms with E-state index in [9.17, 15) is 9.59 Å². The summed E-state index contributed by atoms with van der Waals surface area (Å²) in [6, 6.07) is 0. The number of anilines is 1. The Morgan fingerprint density at radius 3 is 2.58 bits per heavy atom. The zero-order valence-electron chi connectivity index (χ0n) is 14.4. The van der Waals surface area contributed by atoms with Crippen molar-refractivity contribution in [2.75, 3.05) is 5.32 Å². The summed E-state index contributed by atoms with van der Waals surface area (Å²) in [7, 11) is 0. The number of carbonyl (C=O) groups excluding carboxylic acids is 2. The second-order valence-corrected chi connectivity index (χ2v) is 10.2. The largest absolute Gasteiger partial charge is 0.301 e. The maximum absolute atomic E-state index is 13.3. The Balaban J connectivity index is 1.67. The highest BCUT2D eigenvalue weighted by atomic mass is 79.9. The van der Waals surface area contributed by atoms with Crippen molar-refractivity contribution in [3.05, 3.63) is 10.6 Å². The number of alkyl halides is 1. The number of hydrogen-bond donors (Lipinski definition) is 1. The quantitative estimate of drug-likeness (QED) is 0.745. The van der Waals surface area contributed by atoms with Gasteiger partial charge in [0, 0.05) is 10.3 Å². The Morgan fingerprint density at radius 1 is 1.25 bits per heavy atom. The number of thiazole rings is 1. The summed E-state index contributed by atoms with van der Waals surface area (Å²) in [5, 5.41) is 3.77. The summed E-state index contributed by atoms with van der Waals surface area (Å²) in [5.74, 6) is 0.127. The van der Waals surface area contributed by atoms with E-state index in [4.69, 9.17) is 0 Å². The summed E-state index contributed by atoms with van der Waals surface area (Å²) in [6.07, 6.45) is 5.98. The van der Waals surface area contributed by atoms with Crippen LogP contribution in [0, 0.1) is 16.2 Å². The zero-order chi connectivity index (χ0) is 17.3. The van der Waals surface area contributed by atoms with Gasteiger partial charge in [0.15, 0.2) is 10.9 Å². The molecule has 130 valence electrons. The molecule has 0 spiro atoms. The summed E-state index contributed by atoms with van der Waals surface area (Å²) < 4.78 is 0. The minimum Gasteiger partial charge on any atom is -0.301 e. The van der Waals surface area contributed by atoms with Gasteiger partial charge < -0.3 is 5.32 Å². The van der Waals surface area contributed by atoms with Crippen molar-refractivity contribution < 1.29 is 9.59 Å². The van der Waals surface area contributed by atoms with Gasteiger partial charge in [-0.1, -0.05) is 36.7 Å². The van der Waals surface area contributed by atoms with E-state index in [0.717, 1.165) is 31.4 Å². The van der Waals surface area contributed by atoms with E-state index in [0.29, 0.717) is 5.13 Å². The third-order valence-corrected chi connectivity index (χ3v) is 9.46. The first-order valence-electron chi connectivity index (χ1n) is 8.72. The van der Waals surface area contributed by atoms with Gasteiger partial charge in [0.2, 0.25) is 5.91 Å².